The lowest BCUT2D eigenvalue weighted by Gasteiger charge is -2.20. The van der Waals surface area contributed by atoms with Crippen LogP contribution in [0.2, 0.25) is 0 Å². The highest BCUT2D eigenvalue weighted by Gasteiger charge is 2.41. The van der Waals surface area contributed by atoms with Crippen molar-refractivity contribution in [2.75, 3.05) is 13.2 Å². The van der Waals surface area contributed by atoms with Crippen molar-refractivity contribution in [3.63, 3.8) is 0 Å². The second kappa shape index (κ2) is 10.4. The molecule has 2 aromatic rings. The van der Waals surface area contributed by atoms with Crippen molar-refractivity contribution in [3.05, 3.63) is 65.5 Å². The van der Waals surface area contributed by atoms with Gasteiger partial charge in [-0.2, -0.15) is 0 Å². The molecule has 0 radical (unpaired) electrons. The van der Waals surface area contributed by atoms with Crippen LogP contribution >= 0.6 is 0 Å². The molecule has 0 fully saturated rings. The number of rotatable bonds is 9. The number of Topliss-reactive ketones (excluding diaryl/α,β-unsaturated/α-hetero) is 1. The van der Waals surface area contributed by atoms with Gasteiger partial charge in [0.25, 0.3) is 0 Å². The molecule has 0 aliphatic heterocycles. The number of benzene rings is 1. The highest BCUT2D eigenvalue weighted by Crippen LogP contribution is 2.26. The van der Waals surface area contributed by atoms with E-state index in [0.29, 0.717) is 6.07 Å². The fourth-order valence-electron chi connectivity index (χ4n) is 2.88. The van der Waals surface area contributed by atoms with Crippen LogP contribution in [0.4, 0.5) is 8.78 Å². The molecule has 1 unspecified atom stereocenters. The number of esters is 2. The molecule has 1 aromatic heterocycles. The Balaban J connectivity index is 2.46. The molecule has 1 aromatic carbocycles. The van der Waals surface area contributed by atoms with Crippen molar-refractivity contribution in [2.45, 2.75) is 26.2 Å². The normalized spacial score (nSPS) is 11.8. The van der Waals surface area contributed by atoms with E-state index in [1.54, 1.807) is 12.1 Å². The molecule has 2 rings (SSSR count). The minimum absolute atomic E-state index is 0.0363. The number of carbonyl (C=O) groups excluding carboxylic acids is 3. The minimum atomic E-state index is -1.82. The zero-order chi connectivity index (χ0) is 21.4. The van der Waals surface area contributed by atoms with Crippen molar-refractivity contribution >= 4 is 17.7 Å². The lowest BCUT2D eigenvalue weighted by Crippen LogP contribution is -2.38. The van der Waals surface area contributed by atoms with Crippen LogP contribution in [-0.4, -0.2) is 35.9 Å². The molecule has 154 valence electrons. The molecule has 0 aliphatic rings. The average Bonchev–Trinajstić information content (AvgIpc) is 2.66. The van der Waals surface area contributed by atoms with E-state index in [-0.39, 0.29) is 30.9 Å². The molecule has 29 heavy (non-hydrogen) atoms. The van der Waals surface area contributed by atoms with Gasteiger partial charge in [0.1, 0.15) is 11.6 Å². The van der Waals surface area contributed by atoms with E-state index in [4.69, 9.17) is 9.47 Å². The van der Waals surface area contributed by atoms with Gasteiger partial charge in [0.15, 0.2) is 5.78 Å². The maximum Gasteiger partial charge on any atom is 0.328 e. The molecule has 0 amide bonds. The van der Waals surface area contributed by atoms with Crippen LogP contribution in [0.1, 0.15) is 31.0 Å². The van der Waals surface area contributed by atoms with E-state index in [9.17, 15) is 23.2 Å². The van der Waals surface area contributed by atoms with E-state index in [1.165, 1.54) is 26.1 Å². The van der Waals surface area contributed by atoms with E-state index in [2.05, 4.69) is 4.98 Å². The molecule has 0 spiro atoms. The number of halogens is 2. The smallest absolute Gasteiger partial charge is 0.328 e. The molecule has 6 nitrogen and oxygen atoms in total. The van der Waals surface area contributed by atoms with Crippen molar-refractivity contribution in [3.8, 4) is 0 Å². The van der Waals surface area contributed by atoms with Crippen LogP contribution in [-0.2, 0) is 30.3 Å². The standard InChI is InChI=1S/C21H21F2NO5/c1-3-28-20(26)18(21(27)29-4-2)19(25)16(17-7-5-6-8-24-17)11-13-9-14(22)12-15(23)10-13/h5-10,12,16,18H,3-4,11H2,1-2H3. The summed E-state index contributed by atoms with van der Waals surface area (Å²) in [6.07, 6.45) is 1.27. The lowest BCUT2D eigenvalue weighted by molar-refractivity contribution is -0.164. The first-order chi connectivity index (χ1) is 13.9. The SMILES string of the molecule is CCOC(=O)C(C(=O)OCC)C(=O)C(Cc1cc(F)cc(F)c1)c1ccccn1. The molecule has 8 heteroatoms. The van der Waals surface area contributed by atoms with Gasteiger partial charge in [-0.15, -0.1) is 0 Å². The van der Waals surface area contributed by atoms with Gasteiger partial charge in [-0.05, 0) is 50.1 Å². The average molecular weight is 405 g/mol. The van der Waals surface area contributed by atoms with Gasteiger partial charge >= 0.3 is 11.9 Å². The summed E-state index contributed by atoms with van der Waals surface area (Å²) in [6.45, 7) is 3.00. The number of nitrogens with zero attached hydrogens (tertiary/aromatic N) is 1. The van der Waals surface area contributed by atoms with E-state index < -0.39 is 41.2 Å². The Morgan fingerprint density at radius 3 is 2.03 bits per heavy atom. The molecule has 0 saturated carbocycles. The van der Waals surface area contributed by atoms with Crippen molar-refractivity contribution in [1.82, 2.24) is 4.98 Å². The van der Waals surface area contributed by atoms with Crippen molar-refractivity contribution < 1.29 is 32.6 Å². The molecule has 1 atom stereocenters. The van der Waals surface area contributed by atoms with E-state index in [1.807, 2.05) is 0 Å². The largest absolute Gasteiger partial charge is 0.465 e. The number of ketones is 1. The van der Waals surface area contributed by atoms with Gasteiger partial charge in [-0.3, -0.25) is 19.4 Å². The molecule has 0 N–H and O–H groups in total. The number of hydrogen-bond acceptors (Lipinski definition) is 6. The Morgan fingerprint density at radius 2 is 1.55 bits per heavy atom. The second-order valence-electron chi connectivity index (χ2n) is 6.13. The Hall–Kier alpha value is -3.16. The maximum absolute atomic E-state index is 13.6. The first-order valence-corrected chi connectivity index (χ1v) is 9.10. The second-order valence-corrected chi connectivity index (χ2v) is 6.13. The summed E-state index contributed by atoms with van der Waals surface area (Å²) in [7, 11) is 0. The summed E-state index contributed by atoms with van der Waals surface area (Å²) >= 11 is 0. The lowest BCUT2D eigenvalue weighted by atomic mass is 9.85. The number of aromatic nitrogens is 1. The van der Waals surface area contributed by atoms with E-state index in [0.717, 1.165) is 12.1 Å². The molecular formula is C21H21F2NO5. The summed E-state index contributed by atoms with van der Waals surface area (Å²) in [6, 6.07) is 7.65. The molecular weight excluding hydrogens is 384 g/mol. The quantitative estimate of drug-likeness (QED) is 0.471. The van der Waals surface area contributed by atoms with E-state index >= 15 is 0 Å². The fourth-order valence-corrected chi connectivity index (χ4v) is 2.88. The summed E-state index contributed by atoms with van der Waals surface area (Å²) in [5.74, 6) is -7.44. The number of pyridine rings is 1. The Labute approximate surface area is 166 Å². The zero-order valence-corrected chi connectivity index (χ0v) is 16.1. The summed E-state index contributed by atoms with van der Waals surface area (Å²) in [5, 5.41) is 0. The predicted octanol–water partition coefficient (Wildman–Crippen LogP) is 3.00. The Morgan fingerprint density at radius 1 is 0.966 bits per heavy atom. The predicted molar refractivity (Wildman–Crippen MR) is 98.8 cm³/mol. The van der Waals surface area contributed by atoms with Crippen LogP contribution in [0.15, 0.2) is 42.6 Å². The fraction of sp³-hybridized carbons (Fsp3) is 0.333. The number of ether oxygens (including phenoxy) is 2. The Kier molecular flexibility index (Phi) is 7.94. The van der Waals surface area contributed by atoms with Crippen LogP contribution in [0.25, 0.3) is 0 Å². The maximum atomic E-state index is 13.6. The van der Waals surface area contributed by atoms with Gasteiger partial charge in [0.2, 0.25) is 5.92 Å². The summed E-state index contributed by atoms with van der Waals surface area (Å²) in [4.78, 5) is 42.0. The molecule has 1 heterocycles. The van der Waals surface area contributed by atoms with Crippen LogP contribution in [0, 0.1) is 17.6 Å². The Bertz CT molecular complexity index is 834. The molecule has 0 aliphatic carbocycles. The number of hydrogen-bond donors (Lipinski definition) is 0. The van der Waals surface area contributed by atoms with Gasteiger partial charge in [-0.1, -0.05) is 6.07 Å². The first-order valence-electron chi connectivity index (χ1n) is 9.10. The van der Waals surface area contributed by atoms with Crippen molar-refractivity contribution in [1.29, 1.82) is 0 Å². The monoisotopic (exact) mass is 405 g/mol. The first kappa shape index (κ1) is 22.1. The zero-order valence-electron chi connectivity index (χ0n) is 16.1. The van der Waals surface area contributed by atoms with Gasteiger partial charge < -0.3 is 9.47 Å². The molecule has 0 saturated heterocycles. The summed E-state index contributed by atoms with van der Waals surface area (Å²) in [5.41, 5.74) is 0.429. The van der Waals surface area contributed by atoms with Gasteiger partial charge in [0, 0.05) is 12.3 Å². The van der Waals surface area contributed by atoms with Crippen LogP contribution in [0.3, 0.4) is 0 Å². The third-order valence-corrected chi connectivity index (χ3v) is 4.08. The highest BCUT2D eigenvalue weighted by molar-refractivity contribution is 6.16. The van der Waals surface area contributed by atoms with Crippen molar-refractivity contribution in [2.24, 2.45) is 5.92 Å². The molecule has 0 bridgehead atoms. The summed E-state index contributed by atoms with van der Waals surface area (Å²) < 4.78 is 37.0. The highest BCUT2D eigenvalue weighted by atomic mass is 19.1. The third-order valence-electron chi connectivity index (χ3n) is 4.08. The number of carbonyl (C=O) groups is 3. The third kappa shape index (κ3) is 5.91. The topological polar surface area (TPSA) is 82.6 Å². The van der Waals surface area contributed by atoms with Crippen LogP contribution in [0.5, 0.6) is 0 Å². The van der Waals surface area contributed by atoms with Gasteiger partial charge in [0.05, 0.1) is 24.8 Å². The van der Waals surface area contributed by atoms with Gasteiger partial charge in [-0.25, -0.2) is 8.78 Å². The van der Waals surface area contributed by atoms with Crippen LogP contribution < -0.4 is 0 Å². The minimum Gasteiger partial charge on any atom is -0.465 e.